The number of rotatable bonds is 14. The molecule has 25 aromatic rings. The summed E-state index contributed by atoms with van der Waals surface area (Å²) in [5.74, 6) is 0. The highest BCUT2D eigenvalue weighted by molar-refractivity contribution is 7.26. The van der Waals surface area contributed by atoms with E-state index in [9.17, 15) is 0 Å². The molecule has 0 spiro atoms. The highest BCUT2D eigenvalue weighted by Gasteiger charge is 2.48. The van der Waals surface area contributed by atoms with Gasteiger partial charge in [-0.2, -0.15) is 0 Å². The van der Waals surface area contributed by atoms with E-state index in [1.807, 2.05) is 46.1 Å². The quantitative estimate of drug-likeness (QED) is 0.108. The summed E-state index contributed by atoms with van der Waals surface area (Å²) in [5, 5.41) is 12.5. The zero-order chi connectivity index (χ0) is 87.0. The minimum atomic E-state index is -0.482. The Morgan fingerprint density at radius 3 is 0.879 bits per heavy atom. The van der Waals surface area contributed by atoms with Gasteiger partial charge in [0.15, 0.2) is 0 Å². The molecule has 4 aromatic heterocycles. The van der Waals surface area contributed by atoms with Crippen molar-refractivity contribution in [2.45, 2.75) is 10.8 Å². The molecular weight excluding hydrogens is 1650 g/mol. The van der Waals surface area contributed by atoms with Crippen LogP contribution in [0.4, 0.5) is 34.1 Å². The van der Waals surface area contributed by atoms with E-state index >= 15 is 0 Å². The van der Waals surface area contributed by atoms with Crippen LogP contribution in [0, 0.1) is 0 Å². The molecule has 3 nitrogen and oxygen atoms in total. The topological polar surface area (TPSA) is 19.6 Å². The molecule has 0 bridgehead atoms. The Balaban J connectivity index is 0.000000139. The Morgan fingerprint density at radius 2 is 0.455 bits per heavy atom. The first-order valence-electron chi connectivity index (χ1n) is 45.2. The Bertz CT molecular complexity index is 8580. The van der Waals surface area contributed by atoms with Gasteiger partial charge in [-0.05, 0) is 256 Å². The third-order valence-electron chi connectivity index (χ3n) is 27.8. The molecule has 0 fully saturated rings. The fraction of sp³-hybridized carbons (Fsp3) is 0.0159. The van der Waals surface area contributed by atoms with E-state index in [0.717, 1.165) is 67.2 Å². The second-order valence-corrected chi connectivity index (χ2v) is 38.0. The van der Waals surface area contributed by atoms with Gasteiger partial charge in [0.1, 0.15) is 11.2 Å². The number of thiophene rings is 3. The third-order valence-corrected chi connectivity index (χ3v) is 31.2. The Kier molecular flexibility index (Phi) is 18.4. The monoisotopic (exact) mass is 1730 g/mol. The first kappa shape index (κ1) is 77.1. The summed E-state index contributed by atoms with van der Waals surface area (Å²) >= 11 is 5.59. The summed E-state index contributed by atoms with van der Waals surface area (Å²) < 4.78 is 14.1. The van der Waals surface area contributed by atoms with Gasteiger partial charge in [-0.1, -0.05) is 346 Å². The van der Waals surface area contributed by atoms with Gasteiger partial charge in [-0.25, -0.2) is 0 Å². The van der Waals surface area contributed by atoms with Crippen LogP contribution in [0.3, 0.4) is 0 Å². The van der Waals surface area contributed by atoms with Gasteiger partial charge in [0, 0.05) is 105 Å². The second-order valence-electron chi connectivity index (χ2n) is 34.7. The maximum Gasteiger partial charge on any atom is 0.135 e. The van der Waals surface area contributed by atoms with Crippen LogP contribution >= 0.6 is 34.0 Å². The average molecular weight is 1730 g/mol. The smallest absolute Gasteiger partial charge is 0.135 e. The summed E-state index contributed by atoms with van der Waals surface area (Å²) in [5.41, 5.74) is 32.5. The molecule has 27 rings (SSSR count). The SMILES string of the molecule is c1ccc(C2(c3ccc(N(c4ccc(-c5ccc6oc7ccccc7c6c5)cc4)c4ccc(-c5ccc6sc7ccccc7c6c5)c5ccccc45)cc3)c3ccccc3-c3ccccc32)cc1.c1ccc(C2(c3ccc(N(c4ccc(-c5ccc6sc7ccccc7c6c5)cc4)c4ccc(-c5ccc6sc7ccccc7c6c5)cc4)cc3)c3ccccc3-c3ccccc32)cc1. The van der Waals surface area contributed by atoms with Crippen molar-refractivity contribution in [2.75, 3.05) is 9.80 Å². The summed E-state index contributed by atoms with van der Waals surface area (Å²) in [6, 6.07) is 179. The lowest BCUT2D eigenvalue weighted by Crippen LogP contribution is -2.28. The summed E-state index contributed by atoms with van der Waals surface area (Å²) in [6.45, 7) is 0. The van der Waals surface area contributed by atoms with Crippen molar-refractivity contribution in [3.05, 3.63) is 530 Å². The van der Waals surface area contributed by atoms with E-state index < -0.39 is 10.8 Å². The first-order chi connectivity index (χ1) is 65.4. The number of furan rings is 1. The molecule has 2 aliphatic carbocycles. The lowest BCUT2D eigenvalue weighted by atomic mass is 9.68. The molecule has 0 aliphatic heterocycles. The van der Waals surface area contributed by atoms with Crippen LogP contribution in [0.2, 0.25) is 0 Å². The molecule has 0 unspecified atom stereocenters. The van der Waals surface area contributed by atoms with Crippen molar-refractivity contribution in [3.8, 4) is 66.8 Å². The molecule has 0 amide bonds. The molecule has 4 heterocycles. The van der Waals surface area contributed by atoms with E-state index in [1.54, 1.807) is 0 Å². The number of hydrogen-bond donors (Lipinski definition) is 0. The molecule has 132 heavy (non-hydrogen) atoms. The van der Waals surface area contributed by atoms with Crippen molar-refractivity contribution in [3.63, 3.8) is 0 Å². The molecule has 618 valence electrons. The third kappa shape index (κ3) is 12.4. The molecule has 6 heteroatoms. The molecular formula is C126H80N2OS3. The number of fused-ring (bicyclic) bond motifs is 19. The minimum absolute atomic E-state index is 0.454. The number of nitrogens with zero attached hydrogens (tertiary/aromatic N) is 2. The largest absolute Gasteiger partial charge is 0.456 e. The van der Waals surface area contributed by atoms with E-state index in [2.05, 4.69) is 483 Å². The van der Waals surface area contributed by atoms with E-state index in [4.69, 9.17) is 4.42 Å². The van der Waals surface area contributed by atoms with Crippen LogP contribution < -0.4 is 9.80 Å². The van der Waals surface area contributed by atoms with Crippen molar-refractivity contribution in [2.24, 2.45) is 0 Å². The van der Waals surface area contributed by atoms with Gasteiger partial charge >= 0.3 is 0 Å². The van der Waals surface area contributed by atoms with E-state index in [-0.39, 0.29) is 0 Å². The number of benzene rings is 21. The predicted octanol–water partition coefficient (Wildman–Crippen LogP) is 35.9. The van der Waals surface area contributed by atoms with Gasteiger partial charge in [0.25, 0.3) is 0 Å². The van der Waals surface area contributed by atoms with Crippen molar-refractivity contribution in [1.82, 2.24) is 0 Å². The lowest BCUT2D eigenvalue weighted by Gasteiger charge is -2.34. The van der Waals surface area contributed by atoms with E-state index in [0.29, 0.717) is 0 Å². The Hall–Kier alpha value is -16.1. The van der Waals surface area contributed by atoms with Gasteiger partial charge in [-0.3, -0.25) is 0 Å². The van der Waals surface area contributed by atoms with Gasteiger partial charge in [0.2, 0.25) is 0 Å². The predicted molar refractivity (Wildman–Crippen MR) is 562 cm³/mol. The average Bonchev–Trinajstić information content (AvgIpc) is 1.53. The second kappa shape index (κ2) is 31.4. The maximum absolute atomic E-state index is 6.20. The van der Waals surface area contributed by atoms with Crippen LogP contribution in [0.25, 0.3) is 160 Å². The molecule has 0 saturated heterocycles. The molecule has 0 N–H and O–H groups in total. The van der Waals surface area contributed by atoms with E-state index in [1.165, 1.54) is 171 Å². The molecule has 2 aliphatic rings. The van der Waals surface area contributed by atoms with Crippen molar-refractivity contribution >= 4 is 161 Å². The summed E-state index contributed by atoms with van der Waals surface area (Å²) in [4.78, 5) is 4.84. The van der Waals surface area contributed by atoms with Gasteiger partial charge < -0.3 is 14.2 Å². The molecule has 0 atom stereocenters. The standard InChI is InChI=1S/C65H41NOS.C61H39NS2/c1-2-14-45(15-3-1)65(58-22-10-6-17-51(58)52-18-7-11-23-59(52)65)46-30-34-48(35-31-46)66(47-32-26-42(27-33-47)43-28-38-62-56(40-43)54-20-8-12-24-61(54)67-62)60-37-36-49(50-16-4-5-19-53(50)60)44-29-39-64-57(41-44)55-21-9-13-25-63(55)68-64;1-2-12-44(13-3-1)61(55-18-8-4-14-49(55)50-15-5-9-19-56(50)61)45-28-34-48(35-29-45)62(46-30-22-40(23-31-46)42-26-36-59-53(38-42)51-16-6-10-20-57(51)63-59)47-32-24-41(25-33-47)43-27-37-60-54(39-43)52-17-7-11-21-58(52)64-60/h1-41H;1-39H. The van der Waals surface area contributed by atoms with Crippen molar-refractivity contribution in [1.29, 1.82) is 0 Å². The maximum atomic E-state index is 6.20. The Labute approximate surface area is 776 Å². The van der Waals surface area contributed by atoms with Gasteiger partial charge in [0.05, 0.1) is 16.5 Å². The fourth-order valence-electron chi connectivity index (χ4n) is 21.8. The zero-order valence-corrected chi connectivity index (χ0v) is 74.2. The normalized spacial score (nSPS) is 12.8. The van der Waals surface area contributed by atoms with Crippen molar-refractivity contribution < 1.29 is 4.42 Å². The van der Waals surface area contributed by atoms with Crippen LogP contribution in [0.15, 0.2) is 490 Å². The molecule has 0 saturated carbocycles. The fourth-order valence-corrected chi connectivity index (χ4v) is 25.0. The van der Waals surface area contributed by atoms with Gasteiger partial charge in [-0.15, -0.1) is 34.0 Å². The van der Waals surface area contributed by atoms with Crippen LogP contribution in [0.5, 0.6) is 0 Å². The lowest BCUT2D eigenvalue weighted by molar-refractivity contribution is 0.669. The highest BCUT2D eigenvalue weighted by atomic mass is 32.1. The summed E-state index contributed by atoms with van der Waals surface area (Å²) in [6.07, 6.45) is 0. The van der Waals surface area contributed by atoms with Crippen LogP contribution in [0.1, 0.15) is 44.5 Å². The summed E-state index contributed by atoms with van der Waals surface area (Å²) in [7, 11) is 0. The Morgan fingerprint density at radius 1 is 0.167 bits per heavy atom. The minimum Gasteiger partial charge on any atom is -0.456 e. The number of para-hydroxylation sites is 1. The zero-order valence-electron chi connectivity index (χ0n) is 71.7. The highest BCUT2D eigenvalue weighted by Crippen LogP contribution is 2.59. The first-order valence-corrected chi connectivity index (χ1v) is 47.7. The van der Waals surface area contributed by atoms with Crippen LogP contribution in [-0.4, -0.2) is 0 Å². The molecule has 21 aromatic carbocycles. The van der Waals surface area contributed by atoms with Crippen LogP contribution in [-0.2, 0) is 10.8 Å². The molecule has 0 radical (unpaired) electrons. The number of anilines is 6. The number of hydrogen-bond acceptors (Lipinski definition) is 6.